The van der Waals surface area contributed by atoms with Gasteiger partial charge in [-0.15, -0.1) is 0 Å². The van der Waals surface area contributed by atoms with E-state index >= 15 is 0 Å². The summed E-state index contributed by atoms with van der Waals surface area (Å²) in [6.45, 7) is 4.52. The number of hydrogen-bond acceptors (Lipinski definition) is 2. The Morgan fingerprint density at radius 3 is 2.91 bits per heavy atom. The standard InChI is InChI=1S/C20H21NO/c1-19-9-7-15(22)11-13(19)3-5-16-17-6-4-14(12-21)20(17,2)10-8-18(16)19/h4,7-9,11,16-17H,3,5-6,10H2,1-2H3/t16-,17-,19-,20+/m0/s1. The molecule has 0 aliphatic heterocycles. The summed E-state index contributed by atoms with van der Waals surface area (Å²) in [7, 11) is 0. The first-order chi connectivity index (χ1) is 10.5. The van der Waals surface area contributed by atoms with Crippen molar-refractivity contribution >= 4 is 5.78 Å². The van der Waals surface area contributed by atoms with E-state index in [4.69, 9.17) is 0 Å². The quantitative estimate of drug-likeness (QED) is 0.625. The van der Waals surface area contributed by atoms with E-state index in [1.165, 1.54) is 11.1 Å². The normalized spacial score (nSPS) is 42.4. The Kier molecular flexibility index (Phi) is 2.70. The van der Waals surface area contributed by atoms with E-state index in [1.807, 2.05) is 6.08 Å². The van der Waals surface area contributed by atoms with Gasteiger partial charge in [0.15, 0.2) is 5.78 Å². The van der Waals surface area contributed by atoms with Crippen molar-refractivity contribution in [2.45, 2.75) is 39.5 Å². The van der Waals surface area contributed by atoms with E-state index in [-0.39, 0.29) is 16.6 Å². The molecular weight excluding hydrogens is 270 g/mol. The Balaban J connectivity index is 1.78. The third kappa shape index (κ3) is 1.57. The highest BCUT2D eigenvalue weighted by Gasteiger charge is 2.53. The van der Waals surface area contributed by atoms with Crippen molar-refractivity contribution in [3.63, 3.8) is 0 Å². The van der Waals surface area contributed by atoms with Gasteiger partial charge in [-0.3, -0.25) is 4.79 Å². The zero-order valence-corrected chi connectivity index (χ0v) is 13.2. The highest BCUT2D eigenvalue weighted by molar-refractivity contribution is 6.01. The molecule has 0 bridgehead atoms. The minimum atomic E-state index is -0.0758. The average molecular weight is 291 g/mol. The van der Waals surface area contributed by atoms with E-state index in [2.05, 4.69) is 38.1 Å². The van der Waals surface area contributed by atoms with E-state index in [1.54, 1.807) is 6.08 Å². The van der Waals surface area contributed by atoms with Crippen LogP contribution in [0.4, 0.5) is 0 Å². The Labute approximate surface area is 131 Å². The van der Waals surface area contributed by atoms with Crippen LogP contribution in [0.1, 0.15) is 39.5 Å². The number of hydrogen-bond donors (Lipinski definition) is 0. The van der Waals surface area contributed by atoms with Crippen LogP contribution in [-0.4, -0.2) is 5.78 Å². The Hall–Kier alpha value is -1.88. The Morgan fingerprint density at radius 2 is 2.14 bits per heavy atom. The molecule has 0 aromatic rings. The molecule has 4 aliphatic rings. The van der Waals surface area contributed by atoms with Crippen LogP contribution in [0.25, 0.3) is 0 Å². The van der Waals surface area contributed by atoms with Gasteiger partial charge in [0, 0.05) is 16.4 Å². The number of allylic oxidation sites excluding steroid dienone is 8. The van der Waals surface area contributed by atoms with Crippen molar-refractivity contribution in [1.82, 2.24) is 0 Å². The van der Waals surface area contributed by atoms with Crippen LogP contribution in [0.15, 0.2) is 47.1 Å². The van der Waals surface area contributed by atoms with Crippen LogP contribution < -0.4 is 0 Å². The first-order valence-corrected chi connectivity index (χ1v) is 8.24. The lowest BCUT2D eigenvalue weighted by atomic mass is 9.52. The molecule has 22 heavy (non-hydrogen) atoms. The van der Waals surface area contributed by atoms with Crippen molar-refractivity contribution in [3.8, 4) is 6.07 Å². The summed E-state index contributed by atoms with van der Waals surface area (Å²) in [5.41, 5.74) is 3.69. The number of nitrogens with zero attached hydrogens (tertiary/aromatic N) is 1. The van der Waals surface area contributed by atoms with Crippen LogP contribution in [-0.2, 0) is 4.79 Å². The molecule has 2 nitrogen and oxygen atoms in total. The molecule has 2 heteroatoms. The van der Waals surface area contributed by atoms with Crippen molar-refractivity contribution in [2.24, 2.45) is 22.7 Å². The fraction of sp³-hybridized carbons (Fsp3) is 0.500. The average Bonchev–Trinajstić information content (AvgIpc) is 2.84. The maximum absolute atomic E-state index is 11.7. The van der Waals surface area contributed by atoms with Gasteiger partial charge in [0.05, 0.1) is 6.07 Å². The van der Waals surface area contributed by atoms with E-state index < -0.39 is 0 Å². The Bertz CT molecular complexity index is 729. The summed E-state index contributed by atoms with van der Waals surface area (Å²) in [6.07, 6.45) is 14.3. The van der Waals surface area contributed by atoms with Gasteiger partial charge in [-0.25, -0.2) is 0 Å². The number of carbonyl (C=O) groups excluding carboxylic acids is 1. The Morgan fingerprint density at radius 1 is 1.32 bits per heavy atom. The molecule has 0 N–H and O–H groups in total. The molecule has 0 heterocycles. The highest BCUT2D eigenvalue weighted by atomic mass is 16.1. The maximum Gasteiger partial charge on any atom is 0.178 e. The molecule has 0 spiro atoms. The van der Waals surface area contributed by atoms with Crippen molar-refractivity contribution in [2.75, 3.05) is 0 Å². The zero-order chi connectivity index (χ0) is 15.5. The number of fused-ring (bicyclic) bond motifs is 5. The molecule has 1 fully saturated rings. The van der Waals surface area contributed by atoms with Crippen LogP contribution in [0, 0.1) is 34.0 Å². The third-order valence-electron chi connectivity index (χ3n) is 6.65. The van der Waals surface area contributed by atoms with Gasteiger partial charge >= 0.3 is 0 Å². The molecule has 112 valence electrons. The maximum atomic E-state index is 11.7. The highest BCUT2D eigenvalue weighted by Crippen LogP contribution is 2.62. The van der Waals surface area contributed by atoms with E-state index in [0.29, 0.717) is 11.8 Å². The van der Waals surface area contributed by atoms with Gasteiger partial charge in [-0.05, 0) is 56.6 Å². The van der Waals surface area contributed by atoms with Gasteiger partial charge in [0.25, 0.3) is 0 Å². The number of nitriles is 1. The largest absolute Gasteiger partial charge is 0.290 e. The molecule has 4 atom stereocenters. The topological polar surface area (TPSA) is 40.9 Å². The van der Waals surface area contributed by atoms with Gasteiger partial charge in [0.2, 0.25) is 0 Å². The first kappa shape index (κ1) is 13.8. The minimum absolute atomic E-state index is 0.0225. The molecule has 4 aliphatic carbocycles. The van der Waals surface area contributed by atoms with Crippen molar-refractivity contribution in [1.29, 1.82) is 5.26 Å². The second-order valence-electron chi connectivity index (χ2n) is 7.61. The minimum Gasteiger partial charge on any atom is -0.290 e. The van der Waals surface area contributed by atoms with Crippen LogP contribution in [0.2, 0.25) is 0 Å². The van der Waals surface area contributed by atoms with Crippen LogP contribution in [0.5, 0.6) is 0 Å². The predicted octanol–water partition coefficient (Wildman–Crippen LogP) is 4.27. The molecule has 0 amide bonds. The molecule has 0 radical (unpaired) electrons. The lowest BCUT2D eigenvalue weighted by molar-refractivity contribution is -0.110. The van der Waals surface area contributed by atoms with Crippen molar-refractivity contribution < 1.29 is 4.79 Å². The lowest BCUT2D eigenvalue weighted by Gasteiger charge is -2.51. The van der Waals surface area contributed by atoms with Gasteiger partial charge in [-0.2, -0.15) is 5.26 Å². The summed E-state index contributed by atoms with van der Waals surface area (Å²) >= 11 is 0. The van der Waals surface area contributed by atoms with Crippen LogP contribution in [0.3, 0.4) is 0 Å². The fourth-order valence-corrected chi connectivity index (χ4v) is 5.27. The van der Waals surface area contributed by atoms with E-state index in [9.17, 15) is 10.1 Å². The first-order valence-electron chi connectivity index (χ1n) is 8.24. The van der Waals surface area contributed by atoms with Gasteiger partial charge in [0.1, 0.15) is 0 Å². The third-order valence-corrected chi connectivity index (χ3v) is 6.65. The second kappa shape index (κ2) is 4.32. The molecular formula is C20H21NO. The number of rotatable bonds is 0. The second-order valence-corrected chi connectivity index (χ2v) is 7.61. The molecule has 4 rings (SSSR count). The van der Waals surface area contributed by atoms with Crippen LogP contribution >= 0.6 is 0 Å². The molecule has 0 aromatic heterocycles. The summed E-state index contributed by atoms with van der Waals surface area (Å²) < 4.78 is 0. The van der Waals surface area contributed by atoms with Crippen molar-refractivity contribution in [3.05, 3.63) is 47.1 Å². The van der Waals surface area contributed by atoms with Gasteiger partial charge < -0.3 is 0 Å². The summed E-state index contributed by atoms with van der Waals surface area (Å²) in [4.78, 5) is 11.7. The SMILES string of the molecule is C[C@]12C=CC(=O)C=C1CC[C@@H]1C2=CC[C@]2(C)C(C#N)=CC[C@@H]12. The number of ketones is 1. The summed E-state index contributed by atoms with van der Waals surface area (Å²) in [6, 6.07) is 2.43. The monoisotopic (exact) mass is 291 g/mol. The molecule has 0 aromatic carbocycles. The number of carbonyl (C=O) groups is 1. The fourth-order valence-electron chi connectivity index (χ4n) is 5.27. The smallest absolute Gasteiger partial charge is 0.178 e. The predicted molar refractivity (Wildman–Crippen MR) is 85.7 cm³/mol. The van der Waals surface area contributed by atoms with Gasteiger partial charge in [-0.1, -0.05) is 36.3 Å². The zero-order valence-electron chi connectivity index (χ0n) is 13.2. The molecule has 0 unspecified atom stereocenters. The molecule has 0 saturated heterocycles. The molecule has 1 saturated carbocycles. The lowest BCUT2D eigenvalue weighted by Crippen LogP contribution is -2.42. The summed E-state index contributed by atoms with van der Waals surface area (Å²) in [5, 5.41) is 9.44. The summed E-state index contributed by atoms with van der Waals surface area (Å²) in [5.74, 6) is 1.22. The van der Waals surface area contributed by atoms with E-state index in [0.717, 1.165) is 31.3 Å².